The largest absolute Gasteiger partial charge is 0.491 e. The summed E-state index contributed by atoms with van der Waals surface area (Å²) in [5, 5.41) is 18.7. The summed E-state index contributed by atoms with van der Waals surface area (Å²) in [5.74, 6) is -0.104. The molecule has 9 heteroatoms. The third-order valence-corrected chi connectivity index (χ3v) is 3.69. The average Bonchev–Trinajstić information content (AvgIpc) is 2.84. The van der Waals surface area contributed by atoms with Gasteiger partial charge in [0.05, 0.1) is 0 Å². The van der Waals surface area contributed by atoms with E-state index in [-0.39, 0.29) is 19.0 Å². The van der Waals surface area contributed by atoms with Crippen LogP contribution in [0.2, 0.25) is 0 Å². The Hall–Kier alpha value is -2.94. The maximum atomic E-state index is 12.5. The summed E-state index contributed by atoms with van der Waals surface area (Å²) in [7, 11) is 0. The lowest BCUT2D eigenvalue weighted by molar-refractivity contribution is -0.140. The highest BCUT2D eigenvalue weighted by molar-refractivity contribution is 5.68. The highest BCUT2D eigenvalue weighted by Crippen LogP contribution is 2.25. The minimum atomic E-state index is -4.43. The number of hydrogen-bond donors (Lipinski definition) is 2. The number of halogens is 3. The molecule has 0 aromatic carbocycles. The van der Waals surface area contributed by atoms with Crippen LogP contribution in [-0.2, 0) is 19.0 Å². The van der Waals surface area contributed by atoms with Crippen LogP contribution >= 0.6 is 0 Å². The van der Waals surface area contributed by atoms with Crippen LogP contribution in [0.15, 0.2) is 71.5 Å². The Bertz CT molecular complexity index is 772. The van der Waals surface area contributed by atoms with Gasteiger partial charge in [0.25, 0.3) is 0 Å². The molecule has 1 rings (SSSR count). The fourth-order valence-corrected chi connectivity index (χ4v) is 2.10. The minimum Gasteiger partial charge on any atom is -0.491 e. The molecule has 0 radical (unpaired) electrons. The Labute approximate surface area is 172 Å². The van der Waals surface area contributed by atoms with Gasteiger partial charge in [0.15, 0.2) is 6.61 Å². The number of alkyl halides is 3. The number of allylic oxidation sites excluding steroid dienone is 8. The van der Waals surface area contributed by atoms with Crippen molar-refractivity contribution < 1.29 is 42.4 Å². The van der Waals surface area contributed by atoms with Gasteiger partial charge in [-0.05, 0) is 44.2 Å². The van der Waals surface area contributed by atoms with Gasteiger partial charge in [0, 0.05) is 12.0 Å². The van der Waals surface area contributed by atoms with Crippen LogP contribution in [0, 0.1) is 0 Å². The van der Waals surface area contributed by atoms with E-state index in [0.717, 1.165) is 24.6 Å². The minimum absolute atomic E-state index is 0.0743. The van der Waals surface area contributed by atoms with E-state index < -0.39 is 30.4 Å². The van der Waals surface area contributed by atoms with E-state index in [0.29, 0.717) is 17.9 Å². The van der Waals surface area contributed by atoms with Crippen LogP contribution in [0.25, 0.3) is 0 Å². The first-order valence-corrected chi connectivity index (χ1v) is 8.95. The summed E-state index contributed by atoms with van der Waals surface area (Å²) >= 11 is 0. The zero-order chi connectivity index (χ0) is 22.7. The summed E-state index contributed by atoms with van der Waals surface area (Å²) < 4.78 is 53.4. The molecule has 166 valence electrons. The summed E-state index contributed by atoms with van der Waals surface area (Å²) in [6.45, 7) is 5.42. The molecule has 0 aromatic heterocycles. The SMILES string of the molecule is C=C/C(=C\C=C(/C)C(F)(F)F)OCC(O)COC1=CC=C(OCC(=O)O)CC(C)=C1. The fraction of sp³-hybridized carbons (Fsp3) is 0.381. The highest BCUT2D eigenvalue weighted by Gasteiger charge is 2.29. The van der Waals surface area contributed by atoms with Gasteiger partial charge >= 0.3 is 12.1 Å². The Balaban J connectivity index is 2.58. The first-order chi connectivity index (χ1) is 14.0. The van der Waals surface area contributed by atoms with Crippen LogP contribution in [0.3, 0.4) is 0 Å². The van der Waals surface area contributed by atoms with Crippen LogP contribution in [0.4, 0.5) is 13.2 Å². The van der Waals surface area contributed by atoms with Gasteiger partial charge in [-0.1, -0.05) is 18.2 Å². The maximum Gasteiger partial charge on any atom is 0.412 e. The van der Waals surface area contributed by atoms with E-state index >= 15 is 0 Å². The van der Waals surface area contributed by atoms with Crippen LogP contribution in [-0.4, -0.2) is 48.3 Å². The quantitative estimate of drug-likeness (QED) is 0.378. The molecule has 0 aliphatic heterocycles. The Morgan fingerprint density at radius 3 is 2.57 bits per heavy atom. The molecular weight excluding hydrogens is 405 g/mol. The molecule has 0 bridgehead atoms. The summed E-state index contributed by atoms with van der Waals surface area (Å²) in [5.41, 5.74) is 0.0707. The Morgan fingerprint density at radius 2 is 1.97 bits per heavy atom. The molecule has 0 heterocycles. The molecule has 1 unspecified atom stereocenters. The molecule has 0 spiro atoms. The predicted molar refractivity (Wildman–Crippen MR) is 104 cm³/mol. The van der Waals surface area contributed by atoms with Gasteiger partial charge in [0.1, 0.15) is 36.6 Å². The zero-order valence-corrected chi connectivity index (χ0v) is 16.7. The summed E-state index contributed by atoms with van der Waals surface area (Å²) in [6, 6.07) is 0. The summed E-state index contributed by atoms with van der Waals surface area (Å²) in [4.78, 5) is 10.6. The second-order valence-electron chi connectivity index (χ2n) is 6.45. The molecule has 0 saturated carbocycles. The molecule has 0 amide bonds. The van der Waals surface area contributed by atoms with Crippen LogP contribution in [0.1, 0.15) is 20.3 Å². The monoisotopic (exact) mass is 430 g/mol. The lowest BCUT2D eigenvalue weighted by Gasteiger charge is -2.14. The number of carboxylic acid groups (broad SMARTS) is 1. The fourth-order valence-electron chi connectivity index (χ4n) is 2.10. The van der Waals surface area contributed by atoms with Crippen molar-refractivity contribution >= 4 is 5.97 Å². The lowest BCUT2D eigenvalue weighted by Crippen LogP contribution is -2.21. The Morgan fingerprint density at radius 1 is 1.27 bits per heavy atom. The predicted octanol–water partition coefficient (Wildman–Crippen LogP) is 4.18. The van der Waals surface area contributed by atoms with Crippen molar-refractivity contribution in [3.63, 3.8) is 0 Å². The highest BCUT2D eigenvalue weighted by atomic mass is 19.4. The first kappa shape index (κ1) is 25.1. The molecular formula is C21H25F3O6. The molecule has 1 atom stereocenters. The van der Waals surface area contributed by atoms with E-state index in [2.05, 4.69) is 6.58 Å². The van der Waals surface area contributed by atoms with Crippen molar-refractivity contribution in [3.8, 4) is 0 Å². The third kappa shape index (κ3) is 10.0. The normalized spacial score (nSPS) is 16.5. The Kier molecular flexibility index (Phi) is 9.97. The molecule has 0 aromatic rings. The van der Waals surface area contributed by atoms with E-state index in [4.69, 9.17) is 19.3 Å². The van der Waals surface area contributed by atoms with E-state index in [1.165, 1.54) is 6.08 Å². The van der Waals surface area contributed by atoms with E-state index in [1.54, 1.807) is 18.2 Å². The average molecular weight is 430 g/mol. The molecule has 0 fully saturated rings. The van der Waals surface area contributed by atoms with Gasteiger partial charge in [-0.2, -0.15) is 13.2 Å². The van der Waals surface area contributed by atoms with Crippen molar-refractivity contribution in [3.05, 3.63) is 71.5 Å². The number of aliphatic carboxylic acids is 1. The number of carboxylic acids is 1. The second kappa shape index (κ2) is 11.9. The first-order valence-electron chi connectivity index (χ1n) is 8.95. The van der Waals surface area contributed by atoms with Gasteiger partial charge in [-0.3, -0.25) is 0 Å². The van der Waals surface area contributed by atoms with Gasteiger partial charge in [-0.25, -0.2) is 4.79 Å². The van der Waals surface area contributed by atoms with Crippen molar-refractivity contribution in [2.75, 3.05) is 19.8 Å². The number of rotatable bonds is 11. The molecule has 0 saturated heterocycles. The van der Waals surface area contributed by atoms with Crippen molar-refractivity contribution in [1.29, 1.82) is 0 Å². The topological polar surface area (TPSA) is 85.2 Å². The van der Waals surface area contributed by atoms with Crippen molar-refractivity contribution in [2.24, 2.45) is 0 Å². The van der Waals surface area contributed by atoms with E-state index in [1.807, 2.05) is 6.92 Å². The number of carbonyl (C=O) groups is 1. The molecule has 1 aliphatic carbocycles. The second-order valence-corrected chi connectivity index (χ2v) is 6.45. The number of aliphatic hydroxyl groups is 1. The zero-order valence-electron chi connectivity index (χ0n) is 16.7. The van der Waals surface area contributed by atoms with Crippen LogP contribution < -0.4 is 0 Å². The molecule has 30 heavy (non-hydrogen) atoms. The smallest absolute Gasteiger partial charge is 0.412 e. The third-order valence-electron chi connectivity index (χ3n) is 3.69. The van der Waals surface area contributed by atoms with E-state index in [9.17, 15) is 23.1 Å². The molecule has 1 aliphatic rings. The summed E-state index contributed by atoms with van der Waals surface area (Å²) in [6.07, 6.45) is 3.04. The van der Waals surface area contributed by atoms with Crippen LogP contribution in [0.5, 0.6) is 0 Å². The number of hydrogen-bond acceptors (Lipinski definition) is 5. The molecule has 2 N–H and O–H groups in total. The number of ether oxygens (including phenoxy) is 3. The standard InChI is InChI=1S/C21H25F3O6/c1-4-17(6-5-15(3)21(22,23)24)28-11-16(25)12-29-18-7-8-19(10-14(2)9-18)30-13-20(26)27/h4-9,16,25H,1,10-13H2,2-3H3,(H,26,27)/b15-5+,17-6+. The van der Waals surface area contributed by atoms with Gasteiger partial charge < -0.3 is 24.4 Å². The number of aliphatic hydroxyl groups excluding tert-OH is 1. The lowest BCUT2D eigenvalue weighted by atomic mass is 10.2. The maximum absolute atomic E-state index is 12.5. The van der Waals surface area contributed by atoms with Crippen molar-refractivity contribution in [1.82, 2.24) is 0 Å². The molecule has 6 nitrogen and oxygen atoms in total. The van der Waals surface area contributed by atoms with Gasteiger partial charge in [0.2, 0.25) is 0 Å². The van der Waals surface area contributed by atoms with Crippen molar-refractivity contribution in [2.45, 2.75) is 32.5 Å². The van der Waals surface area contributed by atoms with Gasteiger partial charge in [-0.15, -0.1) is 0 Å².